The van der Waals surface area contributed by atoms with Crippen LogP contribution in [0.5, 0.6) is 5.75 Å². The van der Waals surface area contributed by atoms with E-state index < -0.39 is 22.2 Å². The second kappa shape index (κ2) is 15.4. The van der Waals surface area contributed by atoms with Crippen molar-refractivity contribution in [1.82, 2.24) is 9.55 Å². The number of anilines is 1. The molecule has 6 nitrogen and oxygen atoms in total. The fraction of sp³-hybridized carbons (Fsp3) is 0.486. The van der Waals surface area contributed by atoms with E-state index in [1.54, 1.807) is 30.3 Å². The number of imidazole rings is 1. The number of amides is 1. The zero-order valence-electron chi connectivity index (χ0n) is 28.1. The van der Waals surface area contributed by atoms with Crippen LogP contribution in [0.15, 0.2) is 60.9 Å². The predicted molar refractivity (Wildman–Crippen MR) is 189 cm³/mol. The van der Waals surface area contributed by atoms with Crippen LogP contribution < -0.4 is 9.64 Å². The minimum Gasteiger partial charge on any atom is -0.495 e. The Balaban J connectivity index is 2.21. The highest BCUT2D eigenvalue weighted by Crippen LogP contribution is 2.41. The van der Waals surface area contributed by atoms with Gasteiger partial charge in [-0.05, 0) is 52.4 Å². The molecule has 0 spiro atoms. The summed E-state index contributed by atoms with van der Waals surface area (Å²) in [5.74, 6) is 4.10. The maximum absolute atomic E-state index is 14.6. The van der Waals surface area contributed by atoms with Gasteiger partial charge in [0.15, 0.2) is 0 Å². The molecule has 1 aromatic heterocycles. The molecule has 0 fully saturated rings. The number of rotatable bonds is 13. The monoisotopic (exact) mass is 651 g/mol. The van der Waals surface area contributed by atoms with Crippen LogP contribution in [0, 0.1) is 11.5 Å². The minimum atomic E-state index is -2.18. The summed E-state index contributed by atoms with van der Waals surface area (Å²) in [4.78, 5) is 21.1. The SMILES string of the molecule is COc1ccc(N(C(=O)C#C[Si](C(C)C)(C(C)C)C(C)C)C(c2ccccc2)c2nccn2COCC[Si](C)(C)C)cc1Cl. The number of aromatic nitrogens is 2. The summed E-state index contributed by atoms with van der Waals surface area (Å²) >= 11 is 6.65. The fourth-order valence-electron chi connectivity index (χ4n) is 6.11. The molecule has 1 amide bonds. The zero-order chi connectivity index (χ0) is 32.7. The van der Waals surface area contributed by atoms with Crippen LogP contribution in [0.1, 0.15) is 59.0 Å². The van der Waals surface area contributed by atoms with Gasteiger partial charge in [0, 0.05) is 32.8 Å². The molecule has 0 aliphatic carbocycles. The van der Waals surface area contributed by atoms with Crippen molar-refractivity contribution in [2.75, 3.05) is 18.6 Å². The van der Waals surface area contributed by atoms with Gasteiger partial charge in [-0.1, -0.05) is 103 Å². The second-order valence-corrected chi connectivity index (χ2v) is 25.2. The highest BCUT2D eigenvalue weighted by molar-refractivity contribution is 6.90. The molecule has 0 aliphatic heterocycles. The molecule has 44 heavy (non-hydrogen) atoms. The lowest BCUT2D eigenvalue weighted by atomic mass is 10.0. The van der Waals surface area contributed by atoms with Crippen molar-refractivity contribution in [3.05, 3.63) is 77.3 Å². The van der Waals surface area contributed by atoms with E-state index >= 15 is 0 Å². The van der Waals surface area contributed by atoms with Crippen LogP contribution in [0.4, 0.5) is 5.69 Å². The number of carbonyl (C=O) groups excluding carboxylic acids is 1. The fourth-order valence-corrected chi connectivity index (χ4v) is 12.3. The predicted octanol–water partition coefficient (Wildman–Crippen LogP) is 9.20. The zero-order valence-corrected chi connectivity index (χ0v) is 30.9. The first kappa shape index (κ1) is 35.6. The van der Waals surface area contributed by atoms with Crippen LogP contribution in [-0.2, 0) is 16.3 Å². The van der Waals surface area contributed by atoms with Gasteiger partial charge in [-0.15, -0.1) is 5.54 Å². The highest BCUT2D eigenvalue weighted by atomic mass is 35.5. The molecule has 0 bridgehead atoms. The number of hydrogen-bond acceptors (Lipinski definition) is 4. The Labute approximate surface area is 272 Å². The van der Waals surface area contributed by atoms with Crippen LogP contribution in [0.3, 0.4) is 0 Å². The van der Waals surface area contributed by atoms with E-state index in [9.17, 15) is 4.79 Å². The second-order valence-electron chi connectivity index (χ2n) is 13.6. The molecule has 238 valence electrons. The number of benzene rings is 2. The third-order valence-electron chi connectivity index (χ3n) is 8.48. The molecule has 0 radical (unpaired) electrons. The Kier molecular flexibility index (Phi) is 12.5. The summed E-state index contributed by atoms with van der Waals surface area (Å²) < 4.78 is 13.6. The molecular formula is C35H50ClN3O3Si2. The Morgan fingerprint density at radius 3 is 2.18 bits per heavy atom. The molecular weight excluding hydrogens is 602 g/mol. The number of ether oxygens (including phenoxy) is 2. The van der Waals surface area contributed by atoms with Crippen LogP contribution in [0.2, 0.25) is 47.3 Å². The number of nitrogens with zero attached hydrogens (tertiary/aromatic N) is 3. The first-order chi connectivity index (χ1) is 20.7. The van der Waals surface area contributed by atoms with Crippen molar-refractivity contribution < 1.29 is 14.3 Å². The van der Waals surface area contributed by atoms with Gasteiger partial charge in [0.2, 0.25) is 0 Å². The standard InChI is InChI=1S/C35H50ClN3O3Si2/c1-26(2)44(27(3)4,28(5)6)22-18-33(40)39(30-16-17-32(41-7)31(36)24-30)34(29-14-12-11-13-15-29)35-37-19-20-38(35)25-42-21-23-43(8,9)10/h11-17,19-20,24,26-28,34H,21,23,25H2,1-10H3. The highest BCUT2D eigenvalue weighted by Gasteiger charge is 2.42. The first-order valence-electron chi connectivity index (χ1n) is 15.6. The van der Waals surface area contributed by atoms with E-state index in [4.69, 9.17) is 26.1 Å². The summed E-state index contributed by atoms with van der Waals surface area (Å²) in [6.07, 6.45) is 3.67. The van der Waals surface area contributed by atoms with Crippen molar-refractivity contribution in [3.8, 4) is 17.2 Å². The Morgan fingerprint density at radius 1 is 1.00 bits per heavy atom. The van der Waals surface area contributed by atoms with E-state index in [0.717, 1.165) is 11.6 Å². The smallest absolute Gasteiger partial charge is 0.303 e. The van der Waals surface area contributed by atoms with E-state index in [0.29, 0.717) is 52.2 Å². The van der Waals surface area contributed by atoms with Crippen molar-refractivity contribution in [1.29, 1.82) is 0 Å². The quantitative estimate of drug-likeness (QED) is 0.105. The minimum absolute atomic E-state index is 0.298. The number of methoxy groups -OCH3 is 1. The number of halogens is 1. The van der Waals surface area contributed by atoms with E-state index in [-0.39, 0.29) is 5.91 Å². The van der Waals surface area contributed by atoms with Gasteiger partial charge in [0.25, 0.3) is 0 Å². The summed E-state index contributed by atoms with van der Waals surface area (Å²) in [7, 11) is -1.85. The molecule has 0 N–H and O–H groups in total. The van der Waals surface area contributed by atoms with Gasteiger partial charge in [-0.25, -0.2) is 4.98 Å². The summed E-state index contributed by atoms with van der Waals surface area (Å²) in [5, 5.41) is 0.413. The molecule has 3 aromatic rings. The van der Waals surface area contributed by atoms with E-state index in [2.05, 4.69) is 72.6 Å². The molecule has 1 heterocycles. The van der Waals surface area contributed by atoms with Crippen molar-refractivity contribution in [2.24, 2.45) is 0 Å². The molecule has 0 saturated heterocycles. The first-order valence-corrected chi connectivity index (χ1v) is 21.9. The molecule has 0 saturated carbocycles. The third-order valence-corrected chi connectivity index (χ3v) is 16.8. The van der Waals surface area contributed by atoms with Crippen LogP contribution in [0.25, 0.3) is 0 Å². The van der Waals surface area contributed by atoms with Gasteiger partial charge in [-0.3, -0.25) is 9.69 Å². The Hall–Kier alpha value is -2.84. The van der Waals surface area contributed by atoms with Gasteiger partial charge in [-0.2, -0.15) is 0 Å². The van der Waals surface area contributed by atoms with E-state index in [1.807, 2.05) is 47.2 Å². The average molecular weight is 652 g/mol. The van der Waals surface area contributed by atoms with Crippen LogP contribution in [-0.4, -0.2) is 45.3 Å². The molecule has 1 atom stereocenters. The molecule has 0 aliphatic rings. The molecule has 2 aromatic carbocycles. The Morgan fingerprint density at radius 2 is 1.64 bits per heavy atom. The van der Waals surface area contributed by atoms with Crippen molar-refractivity contribution in [3.63, 3.8) is 0 Å². The normalized spacial score (nSPS) is 12.8. The van der Waals surface area contributed by atoms with E-state index in [1.165, 1.54) is 0 Å². The largest absolute Gasteiger partial charge is 0.495 e. The van der Waals surface area contributed by atoms with Gasteiger partial charge >= 0.3 is 5.91 Å². The lowest BCUT2D eigenvalue weighted by molar-refractivity contribution is -0.113. The van der Waals surface area contributed by atoms with Gasteiger partial charge < -0.3 is 14.0 Å². The average Bonchev–Trinajstić information content (AvgIpc) is 3.41. The molecule has 3 rings (SSSR count). The lowest BCUT2D eigenvalue weighted by Crippen LogP contribution is -2.44. The summed E-state index contributed by atoms with van der Waals surface area (Å²) in [5.41, 5.74) is 6.33. The number of carbonyl (C=O) groups is 1. The lowest BCUT2D eigenvalue weighted by Gasteiger charge is -2.38. The van der Waals surface area contributed by atoms with Crippen LogP contribution >= 0.6 is 11.6 Å². The maximum Gasteiger partial charge on any atom is 0.303 e. The van der Waals surface area contributed by atoms with Crippen molar-refractivity contribution in [2.45, 2.75) is 96.6 Å². The van der Waals surface area contributed by atoms with Gasteiger partial charge in [0.1, 0.15) is 32.4 Å². The topological polar surface area (TPSA) is 56.6 Å². The number of hydrogen-bond donors (Lipinski definition) is 0. The molecule has 9 heteroatoms. The van der Waals surface area contributed by atoms with Gasteiger partial charge in [0.05, 0.1) is 12.1 Å². The third kappa shape index (κ3) is 8.45. The summed E-state index contributed by atoms with van der Waals surface area (Å²) in [6.45, 7) is 21.5. The molecule has 1 unspecified atom stereocenters. The Bertz CT molecular complexity index is 1420. The summed E-state index contributed by atoms with van der Waals surface area (Å²) in [6, 6.07) is 15.9. The van der Waals surface area contributed by atoms with Crippen molar-refractivity contribution >= 4 is 39.3 Å². The maximum atomic E-state index is 14.6.